The molecule has 5 nitrogen and oxygen atoms in total. The van der Waals surface area contributed by atoms with E-state index in [0.29, 0.717) is 11.4 Å². The maximum absolute atomic E-state index is 11.7. The molecule has 0 aliphatic heterocycles. The average molecular weight is 328 g/mol. The zero-order chi connectivity index (χ0) is 15.9. The summed E-state index contributed by atoms with van der Waals surface area (Å²) >= 11 is 1.49. The number of hydrogen-bond acceptors (Lipinski definition) is 4. The van der Waals surface area contributed by atoms with E-state index in [1.807, 2.05) is 13.0 Å². The molecule has 21 heavy (non-hydrogen) atoms. The van der Waals surface area contributed by atoms with Gasteiger partial charge in [0, 0.05) is 11.4 Å². The van der Waals surface area contributed by atoms with Gasteiger partial charge in [-0.15, -0.1) is 18.3 Å². The lowest BCUT2D eigenvalue weighted by atomic mass is 10.1. The largest absolute Gasteiger partial charge is 0.349 e. The molecular formula is C14H20N2O3S2. The molecule has 7 heteroatoms. The summed E-state index contributed by atoms with van der Waals surface area (Å²) in [6, 6.07) is 6.78. The summed E-state index contributed by atoms with van der Waals surface area (Å²) < 4.78 is 24.8. The quantitative estimate of drug-likeness (QED) is 0.566. The summed E-state index contributed by atoms with van der Waals surface area (Å²) in [4.78, 5) is 11.7. The highest BCUT2D eigenvalue weighted by Gasteiger charge is 2.10. The Morgan fingerprint density at radius 3 is 2.81 bits per heavy atom. The molecule has 2 N–H and O–H groups in total. The first-order chi connectivity index (χ1) is 9.81. The van der Waals surface area contributed by atoms with Crippen molar-refractivity contribution in [3.63, 3.8) is 0 Å². The Morgan fingerprint density at radius 1 is 1.48 bits per heavy atom. The standard InChI is InChI=1S/C14H20N2O3S2/c1-4-8-20-10-14(17)15-11(2)12-6-5-7-13(9-12)16-21(3,18)19/h4-7,9,11,16H,1,8,10H2,2-3H3,(H,15,17)/t11-/m0/s1. The Balaban J connectivity index is 2.65. The molecule has 0 aliphatic rings. The predicted molar refractivity (Wildman–Crippen MR) is 89.0 cm³/mol. The van der Waals surface area contributed by atoms with Crippen molar-refractivity contribution in [2.24, 2.45) is 0 Å². The first-order valence-electron chi connectivity index (χ1n) is 6.37. The maximum Gasteiger partial charge on any atom is 0.230 e. The van der Waals surface area contributed by atoms with Crippen molar-refractivity contribution in [3.05, 3.63) is 42.5 Å². The molecule has 0 unspecified atom stereocenters. The third-order valence-electron chi connectivity index (χ3n) is 2.54. The smallest absolute Gasteiger partial charge is 0.230 e. The second kappa shape index (κ2) is 8.09. The van der Waals surface area contributed by atoms with Crippen LogP contribution in [0.3, 0.4) is 0 Å². The van der Waals surface area contributed by atoms with Crippen molar-refractivity contribution in [2.45, 2.75) is 13.0 Å². The molecule has 1 aromatic carbocycles. The topological polar surface area (TPSA) is 75.3 Å². The molecule has 0 saturated carbocycles. The lowest BCUT2D eigenvalue weighted by Crippen LogP contribution is -2.28. The summed E-state index contributed by atoms with van der Waals surface area (Å²) in [6.07, 6.45) is 2.85. The summed E-state index contributed by atoms with van der Waals surface area (Å²) in [7, 11) is -3.31. The van der Waals surface area contributed by atoms with Crippen LogP contribution in [-0.2, 0) is 14.8 Å². The SMILES string of the molecule is C=CCSCC(=O)N[C@@H](C)c1cccc(NS(C)(=O)=O)c1. The van der Waals surface area contributed by atoms with Crippen LogP contribution in [0.25, 0.3) is 0 Å². The molecule has 116 valence electrons. The van der Waals surface area contributed by atoms with Crippen molar-refractivity contribution >= 4 is 33.4 Å². The number of benzene rings is 1. The van der Waals surface area contributed by atoms with Gasteiger partial charge in [-0.3, -0.25) is 9.52 Å². The van der Waals surface area contributed by atoms with E-state index in [1.165, 1.54) is 11.8 Å². The van der Waals surface area contributed by atoms with Crippen LogP contribution in [0, 0.1) is 0 Å². The van der Waals surface area contributed by atoms with E-state index in [4.69, 9.17) is 0 Å². The monoisotopic (exact) mass is 328 g/mol. The molecular weight excluding hydrogens is 308 g/mol. The van der Waals surface area contributed by atoms with Crippen molar-refractivity contribution in [2.75, 3.05) is 22.5 Å². The second-order valence-electron chi connectivity index (χ2n) is 4.59. The third-order valence-corrected chi connectivity index (χ3v) is 4.08. The van der Waals surface area contributed by atoms with E-state index in [-0.39, 0.29) is 11.9 Å². The molecule has 1 amide bonds. The molecule has 0 aliphatic carbocycles. The van der Waals surface area contributed by atoms with E-state index in [1.54, 1.807) is 24.3 Å². The number of thioether (sulfide) groups is 1. The van der Waals surface area contributed by atoms with Crippen LogP contribution in [0.5, 0.6) is 0 Å². The van der Waals surface area contributed by atoms with Gasteiger partial charge in [0.25, 0.3) is 0 Å². The molecule has 0 spiro atoms. The van der Waals surface area contributed by atoms with Crippen LogP contribution < -0.4 is 10.0 Å². The van der Waals surface area contributed by atoms with Crippen LogP contribution in [0.4, 0.5) is 5.69 Å². The first kappa shape index (κ1) is 17.6. The predicted octanol–water partition coefficient (Wildman–Crippen LogP) is 2.15. The van der Waals surface area contributed by atoms with Gasteiger partial charge in [0.15, 0.2) is 0 Å². The Labute approximate surface area is 130 Å². The van der Waals surface area contributed by atoms with Gasteiger partial charge in [0.2, 0.25) is 15.9 Å². The van der Waals surface area contributed by atoms with Gasteiger partial charge < -0.3 is 5.32 Å². The number of carbonyl (C=O) groups excluding carboxylic acids is 1. The fourth-order valence-corrected chi connectivity index (χ4v) is 2.80. The summed E-state index contributed by atoms with van der Waals surface area (Å²) in [5.41, 5.74) is 1.32. The van der Waals surface area contributed by atoms with Crippen molar-refractivity contribution < 1.29 is 13.2 Å². The lowest BCUT2D eigenvalue weighted by molar-refractivity contribution is -0.119. The Morgan fingerprint density at radius 2 is 2.19 bits per heavy atom. The molecule has 0 fully saturated rings. The van der Waals surface area contributed by atoms with Crippen LogP contribution in [0.2, 0.25) is 0 Å². The normalized spacial score (nSPS) is 12.5. The number of nitrogens with one attached hydrogen (secondary N) is 2. The molecule has 0 saturated heterocycles. The number of hydrogen-bond donors (Lipinski definition) is 2. The lowest BCUT2D eigenvalue weighted by Gasteiger charge is -2.15. The zero-order valence-corrected chi connectivity index (χ0v) is 13.8. The maximum atomic E-state index is 11.7. The number of carbonyl (C=O) groups is 1. The molecule has 0 heterocycles. The van der Waals surface area contributed by atoms with E-state index in [2.05, 4.69) is 16.6 Å². The number of sulfonamides is 1. The highest BCUT2D eigenvalue weighted by Crippen LogP contribution is 2.18. The van der Waals surface area contributed by atoms with E-state index >= 15 is 0 Å². The van der Waals surface area contributed by atoms with Gasteiger partial charge in [-0.2, -0.15) is 0 Å². The van der Waals surface area contributed by atoms with Crippen molar-refractivity contribution in [1.29, 1.82) is 0 Å². The Bertz CT molecular complexity index is 600. The number of amides is 1. The third kappa shape index (κ3) is 7.19. The Kier molecular flexibility index (Phi) is 6.77. The molecule has 1 aromatic rings. The number of rotatable bonds is 8. The molecule has 0 radical (unpaired) electrons. The molecule has 0 aromatic heterocycles. The van der Waals surface area contributed by atoms with Gasteiger partial charge >= 0.3 is 0 Å². The van der Waals surface area contributed by atoms with E-state index < -0.39 is 10.0 Å². The highest BCUT2D eigenvalue weighted by atomic mass is 32.2. The van der Waals surface area contributed by atoms with Crippen molar-refractivity contribution in [3.8, 4) is 0 Å². The summed E-state index contributed by atoms with van der Waals surface area (Å²) in [5, 5.41) is 2.87. The molecule has 1 atom stereocenters. The minimum atomic E-state index is -3.31. The fourth-order valence-electron chi connectivity index (χ4n) is 1.69. The second-order valence-corrected chi connectivity index (χ2v) is 7.37. The van der Waals surface area contributed by atoms with Crippen LogP contribution in [-0.4, -0.2) is 32.1 Å². The van der Waals surface area contributed by atoms with Gasteiger partial charge in [-0.1, -0.05) is 18.2 Å². The first-order valence-corrected chi connectivity index (χ1v) is 9.42. The highest BCUT2D eigenvalue weighted by molar-refractivity contribution is 8.00. The minimum absolute atomic E-state index is 0.0594. The summed E-state index contributed by atoms with van der Waals surface area (Å²) in [5.74, 6) is 1.04. The van der Waals surface area contributed by atoms with Crippen LogP contribution >= 0.6 is 11.8 Å². The minimum Gasteiger partial charge on any atom is -0.349 e. The van der Waals surface area contributed by atoms with Crippen LogP contribution in [0.1, 0.15) is 18.5 Å². The fraction of sp³-hybridized carbons (Fsp3) is 0.357. The van der Waals surface area contributed by atoms with E-state index in [0.717, 1.165) is 17.6 Å². The van der Waals surface area contributed by atoms with Gasteiger partial charge in [0.1, 0.15) is 0 Å². The van der Waals surface area contributed by atoms with E-state index in [9.17, 15) is 13.2 Å². The summed E-state index contributed by atoms with van der Waals surface area (Å²) in [6.45, 7) is 5.45. The molecule has 0 bridgehead atoms. The van der Waals surface area contributed by atoms with Gasteiger partial charge in [-0.25, -0.2) is 8.42 Å². The van der Waals surface area contributed by atoms with Gasteiger partial charge in [0.05, 0.1) is 18.1 Å². The Hall–Kier alpha value is -1.47. The average Bonchev–Trinajstić information content (AvgIpc) is 2.37. The van der Waals surface area contributed by atoms with Crippen LogP contribution in [0.15, 0.2) is 36.9 Å². The zero-order valence-electron chi connectivity index (χ0n) is 12.1. The van der Waals surface area contributed by atoms with Crippen molar-refractivity contribution in [1.82, 2.24) is 5.32 Å². The van der Waals surface area contributed by atoms with Gasteiger partial charge in [-0.05, 0) is 24.6 Å². The molecule has 1 rings (SSSR count). The number of anilines is 1.